The maximum absolute atomic E-state index is 12.1. The van der Waals surface area contributed by atoms with Gasteiger partial charge in [0.25, 0.3) is 5.56 Å². The minimum atomic E-state index is -0.0915. The number of aryl methyl sites for hydroxylation is 1. The van der Waals surface area contributed by atoms with Gasteiger partial charge in [-0.25, -0.2) is 4.98 Å². The Morgan fingerprint density at radius 1 is 1.40 bits per heavy atom. The van der Waals surface area contributed by atoms with Crippen LogP contribution in [0.3, 0.4) is 0 Å². The van der Waals surface area contributed by atoms with Crippen molar-refractivity contribution in [1.29, 1.82) is 0 Å². The number of nitrogens with one attached hydrogen (secondary N) is 1. The van der Waals surface area contributed by atoms with Crippen molar-refractivity contribution >= 4 is 21.6 Å². The Bertz CT molecular complexity index is 654. The number of hydrogen-bond donors (Lipinski definition) is 1. The van der Waals surface area contributed by atoms with E-state index in [1.165, 1.54) is 0 Å². The molecule has 20 heavy (non-hydrogen) atoms. The van der Waals surface area contributed by atoms with Gasteiger partial charge < -0.3 is 5.32 Å². The zero-order valence-corrected chi connectivity index (χ0v) is 13.1. The molecule has 106 valence electrons. The number of hydrogen-bond acceptors (Lipinski definition) is 4. The maximum Gasteiger partial charge on any atom is 0.268 e. The second kappa shape index (κ2) is 6.65. The van der Waals surface area contributed by atoms with E-state index in [1.54, 1.807) is 24.0 Å². The van der Waals surface area contributed by atoms with Gasteiger partial charge in [-0.2, -0.15) is 0 Å². The van der Waals surface area contributed by atoms with E-state index in [2.05, 4.69) is 38.1 Å². The van der Waals surface area contributed by atoms with E-state index in [0.717, 1.165) is 24.3 Å². The molecule has 2 aromatic rings. The molecule has 0 aromatic carbocycles. The van der Waals surface area contributed by atoms with Gasteiger partial charge in [-0.05, 0) is 41.4 Å². The SMILES string of the molecule is CCCNc1ccnc(Cn2cnc(C)c(Br)c2=O)c1. The molecule has 0 saturated heterocycles. The maximum atomic E-state index is 12.1. The van der Waals surface area contributed by atoms with Crippen LogP contribution in [0.5, 0.6) is 0 Å². The molecule has 0 spiro atoms. The second-order valence-electron chi connectivity index (χ2n) is 4.54. The number of pyridine rings is 1. The molecule has 5 nitrogen and oxygen atoms in total. The summed E-state index contributed by atoms with van der Waals surface area (Å²) in [5.74, 6) is 0. The van der Waals surface area contributed by atoms with Gasteiger partial charge >= 0.3 is 0 Å². The Balaban J connectivity index is 2.22. The van der Waals surface area contributed by atoms with E-state index in [4.69, 9.17) is 0 Å². The van der Waals surface area contributed by atoms with E-state index >= 15 is 0 Å². The molecular weight excluding hydrogens is 320 g/mol. The first-order valence-corrected chi connectivity index (χ1v) is 7.31. The Kier molecular flexibility index (Phi) is 4.89. The summed E-state index contributed by atoms with van der Waals surface area (Å²) in [6.45, 7) is 5.24. The largest absolute Gasteiger partial charge is 0.385 e. The number of rotatable bonds is 5. The van der Waals surface area contributed by atoms with Crippen molar-refractivity contribution in [3.8, 4) is 0 Å². The van der Waals surface area contributed by atoms with Gasteiger partial charge in [-0.1, -0.05) is 6.92 Å². The van der Waals surface area contributed by atoms with Crippen molar-refractivity contribution in [1.82, 2.24) is 14.5 Å². The standard InChI is InChI=1S/C14H17BrN4O/c1-3-5-16-11-4-6-17-12(7-11)8-19-9-18-10(2)13(15)14(19)20/h4,6-7,9H,3,5,8H2,1-2H3,(H,16,17). The zero-order valence-electron chi connectivity index (χ0n) is 11.6. The van der Waals surface area contributed by atoms with Crippen LogP contribution in [0.2, 0.25) is 0 Å². The summed E-state index contributed by atoms with van der Waals surface area (Å²) in [5, 5.41) is 3.30. The summed E-state index contributed by atoms with van der Waals surface area (Å²) < 4.78 is 2.04. The first kappa shape index (κ1) is 14.7. The quantitative estimate of drug-likeness (QED) is 0.911. The lowest BCUT2D eigenvalue weighted by molar-refractivity contribution is 0.708. The predicted octanol–water partition coefficient (Wildman–Crippen LogP) is 2.58. The van der Waals surface area contributed by atoms with Crippen LogP contribution >= 0.6 is 15.9 Å². The van der Waals surface area contributed by atoms with Crippen molar-refractivity contribution in [3.05, 3.63) is 50.9 Å². The van der Waals surface area contributed by atoms with E-state index in [-0.39, 0.29) is 5.56 Å². The van der Waals surface area contributed by atoms with Crippen molar-refractivity contribution in [2.24, 2.45) is 0 Å². The van der Waals surface area contributed by atoms with Gasteiger partial charge in [-0.3, -0.25) is 14.3 Å². The molecule has 0 unspecified atom stereocenters. The van der Waals surface area contributed by atoms with Crippen molar-refractivity contribution in [2.45, 2.75) is 26.8 Å². The van der Waals surface area contributed by atoms with Crippen LogP contribution in [0.1, 0.15) is 24.7 Å². The molecule has 0 bridgehead atoms. The molecule has 1 N–H and O–H groups in total. The third-order valence-corrected chi connectivity index (χ3v) is 3.80. The van der Waals surface area contributed by atoms with Crippen molar-refractivity contribution < 1.29 is 0 Å². The van der Waals surface area contributed by atoms with Crippen molar-refractivity contribution in [2.75, 3.05) is 11.9 Å². The Morgan fingerprint density at radius 2 is 2.20 bits per heavy atom. The monoisotopic (exact) mass is 336 g/mol. The van der Waals surface area contributed by atoms with E-state index in [9.17, 15) is 4.79 Å². The smallest absolute Gasteiger partial charge is 0.268 e. The molecular formula is C14H17BrN4O. The molecule has 0 saturated carbocycles. The second-order valence-corrected chi connectivity index (χ2v) is 5.33. The summed E-state index contributed by atoms with van der Waals surface area (Å²) in [6.07, 6.45) is 4.36. The van der Waals surface area contributed by atoms with Crippen LogP contribution in [0.4, 0.5) is 5.69 Å². The fourth-order valence-electron chi connectivity index (χ4n) is 1.78. The van der Waals surface area contributed by atoms with Crippen LogP contribution in [0.25, 0.3) is 0 Å². The minimum absolute atomic E-state index is 0.0915. The Labute approximate surface area is 126 Å². The molecule has 0 aliphatic rings. The highest BCUT2D eigenvalue weighted by Crippen LogP contribution is 2.10. The van der Waals surface area contributed by atoms with Crippen LogP contribution in [-0.4, -0.2) is 21.1 Å². The number of nitrogens with zero attached hydrogens (tertiary/aromatic N) is 3. The fourth-order valence-corrected chi connectivity index (χ4v) is 2.11. The summed E-state index contributed by atoms with van der Waals surface area (Å²) in [5.41, 5.74) is 2.44. The van der Waals surface area contributed by atoms with Gasteiger partial charge in [0.15, 0.2) is 0 Å². The highest BCUT2D eigenvalue weighted by molar-refractivity contribution is 9.10. The third-order valence-electron chi connectivity index (χ3n) is 2.89. The van der Waals surface area contributed by atoms with Crippen molar-refractivity contribution in [3.63, 3.8) is 0 Å². The van der Waals surface area contributed by atoms with Crippen LogP contribution in [-0.2, 0) is 6.54 Å². The fraction of sp³-hybridized carbons (Fsp3) is 0.357. The van der Waals surface area contributed by atoms with Gasteiger partial charge in [0.1, 0.15) is 4.47 Å². The molecule has 0 radical (unpaired) electrons. The first-order valence-electron chi connectivity index (χ1n) is 6.52. The van der Waals surface area contributed by atoms with E-state index < -0.39 is 0 Å². The van der Waals surface area contributed by atoms with Crippen LogP contribution < -0.4 is 10.9 Å². The average Bonchev–Trinajstić information content (AvgIpc) is 2.46. The molecule has 0 aliphatic carbocycles. The van der Waals surface area contributed by atoms with Gasteiger partial charge in [-0.15, -0.1) is 0 Å². The van der Waals surface area contributed by atoms with Gasteiger partial charge in [0.05, 0.1) is 24.3 Å². The number of aromatic nitrogens is 3. The zero-order chi connectivity index (χ0) is 14.5. The summed E-state index contributed by atoms with van der Waals surface area (Å²) in [6, 6.07) is 3.88. The molecule has 0 amide bonds. The molecule has 6 heteroatoms. The number of halogens is 1. The average molecular weight is 337 g/mol. The summed E-state index contributed by atoms with van der Waals surface area (Å²) in [7, 11) is 0. The highest BCUT2D eigenvalue weighted by atomic mass is 79.9. The lowest BCUT2D eigenvalue weighted by Crippen LogP contribution is -2.23. The topological polar surface area (TPSA) is 59.8 Å². The number of anilines is 1. The molecule has 2 aromatic heterocycles. The van der Waals surface area contributed by atoms with Gasteiger partial charge in [0, 0.05) is 18.4 Å². The summed E-state index contributed by atoms with van der Waals surface area (Å²) in [4.78, 5) is 20.6. The minimum Gasteiger partial charge on any atom is -0.385 e. The lowest BCUT2D eigenvalue weighted by Gasteiger charge is -2.09. The van der Waals surface area contributed by atoms with E-state index in [1.807, 2.05) is 12.1 Å². The molecule has 2 rings (SSSR count). The third kappa shape index (κ3) is 3.45. The first-order chi connectivity index (χ1) is 9.61. The van der Waals surface area contributed by atoms with Gasteiger partial charge in [0.2, 0.25) is 0 Å². The van der Waals surface area contributed by atoms with Crippen LogP contribution in [0, 0.1) is 6.92 Å². The van der Waals surface area contributed by atoms with E-state index in [0.29, 0.717) is 16.7 Å². The highest BCUT2D eigenvalue weighted by Gasteiger charge is 2.06. The van der Waals surface area contributed by atoms with Crippen LogP contribution in [0.15, 0.2) is 33.9 Å². The summed E-state index contributed by atoms with van der Waals surface area (Å²) >= 11 is 3.26. The Morgan fingerprint density at radius 3 is 2.95 bits per heavy atom. The Hall–Kier alpha value is -1.69. The molecule has 0 atom stereocenters. The molecule has 0 aliphatic heterocycles. The lowest BCUT2D eigenvalue weighted by atomic mass is 10.3. The molecule has 0 fully saturated rings. The predicted molar refractivity (Wildman–Crippen MR) is 83.1 cm³/mol. The normalized spacial score (nSPS) is 10.6. The molecule has 2 heterocycles.